The summed E-state index contributed by atoms with van der Waals surface area (Å²) in [5.41, 5.74) is 3.57. The second kappa shape index (κ2) is 11.6. The first kappa shape index (κ1) is 33.4. The van der Waals surface area contributed by atoms with Crippen molar-refractivity contribution in [2.75, 3.05) is 6.61 Å². The molecule has 0 bridgehead atoms. The van der Waals surface area contributed by atoms with Gasteiger partial charge in [0.15, 0.2) is 0 Å². The predicted molar refractivity (Wildman–Crippen MR) is 160 cm³/mol. The second-order valence-electron chi connectivity index (χ2n) is 14.5. The summed E-state index contributed by atoms with van der Waals surface area (Å²) in [6.45, 7) is 26.4. The highest BCUT2D eigenvalue weighted by atomic mass is 31.2. The van der Waals surface area contributed by atoms with E-state index in [4.69, 9.17) is 13.6 Å². The summed E-state index contributed by atoms with van der Waals surface area (Å²) >= 11 is 0. The van der Waals surface area contributed by atoms with E-state index in [0.29, 0.717) is 0 Å². The second-order valence-corrected chi connectivity index (χ2v) is 16.2. The van der Waals surface area contributed by atoms with E-state index in [1.165, 1.54) is 0 Å². The molecular formula is C32H51O6P. The van der Waals surface area contributed by atoms with E-state index < -0.39 is 7.82 Å². The average Bonchev–Trinajstić information content (AvgIpc) is 2.74. The van der Waals surface area contributed by atoms with Gasteiger partial charge in [0, 0.05) is 0 Å². The Bertz CT molecular complexity index is 1040. The fourth-order valence-electron chi connectivity index (χ4n) is 4.42. The van der Waals surface area contributed by atoms with Crippen molar-refractivity contribution in [1.29, 1.82) is 0 Å². The number of phenolic OH excluding ortho intramolecular Hbond substituents is 2. The van der Waals surface area contributed by atoms with E-state index in [0.717, 1.165) is 33.4 Å². The summed E-state index contributed by atoms with van der Waals surface area (Å²) in [4.78, 5) is 0. The van der Waals surface area contributed by atoms with Gasteiger partial charge in [-0.3, -0.25) is 13.6 Å². The SMILES string of the molecule is CCOP(=O)(OCc1cc(C(C)(C)C)c(O)c(C(C)(C)C)c1)OCc1cc(C(C)(C)C)c(O)c(C(C)(C)C)c1. The van der Waals surface area contributed by atoms with Crippen molar-refractivity contribution in [3.05, 3.63) is 57.6 Å². The molecule has 0 amide bonds. The molecule has 0 aliphatic carbocycles. The molecule has 0 saturated carbocycles. The Hall–Kier alpha value is -1.85. The third kappa shape index (κ3) is 8.57. The number of phosphoric acid groups is 1. The fourth-order valence-corrected chi connectivity index (χ4v) is 5.57. The summed E-state index contributed by atoms with van der Waals surface area (Å²) in [5.74, 6) is 0.555. The van der Waals surface area contributed by atoms with E-state index >= 15 is 0 Å². The van der Waals surface area contributed by atoms with Gasteiger partial charge in [-0.1, -0.05) is 83.1 Å². The molecule has 6 nitrogen and oxygen atoms in total. The van der Waals surface area contributed by atoms with Gasteiger partial charge in [-0.15, -0.1) is 0 Å². The van der Waals surface area contributed by atoms with Crippen LogP contribution in [0, 0.1) is 0 Å². The minimum atomic E-state index is -3.92. The smallest absolute Gasteiger partial charge is 0.475 e. The van der Waals surface area contributed by atoms with Crippen molar-refractivity contribution >= 4 is 7.82 Å². The zero-order chi connectivity index (χ0) is 30.2. The van der Waals surface area contributed by atoms with Gasteiger partial charge >= 0.3 is 7.82 Å². The summed E-state index contributed by atoms with van der Waals surface area (Å²) in [6.07, 6.45) is 0. The van der Waals surface area contributed by atoms with Crippen molar-refractivity contribution in [3.63, 3.8) is 0 Å². The maximum atomic E-state index is 13.7. The van der Waals surface area contributed by atoms with E-state index in [1.807, 2.05) is 107 Å². The van der Waals surface area contributed by atoms with Crippen molar-refractivity contribution in [2.24, 2.45) is 0 Å². The number of hydrogen-bond donors (Lipinski definition) is 2. The molecule has 2 aromatic rings. The lowest BCUT2D eigenvalue weighted by Crippen LogP contribution is -2.18. The molecule has 39 heavy (non-hydrogen) atoms. The van der Waals surface area contributed by atoms with Crippen molar-refractivity contribution < 1.29 is 28.3 Å². The first-order valence-electron chi connectivity index (χ1n) is 13.8. The summed E-state index contributed by atoms with van der Waals surface area (Å²) in [5, 5.41) is 22.0. The van der Waals surface area contributed by atoms with Gasteiger partial charge in [-0.05, 0) is 86.2 Å². The molecule has 220 valence electrons. The molecular weight excluding hydrogens is 511 g/mol. The van der Waals surface area contributed by atoms with Gasteiger partial charge in [0.2, 0.25) is 0 Å². The largest absolute Gasteiger partial charge is 0.507 e. The normalized spacial score (nSPS) is 13.7. The molecule has 0 aliphatic rings. The van der Waals surface area contributed by atoms with Crippen molar-refractivity contribution in [1.82, 2.24) is 0 Å². The molecule has 0 aromatic heterocycles. The van der Waals surface area contributed by atoms with Crippen LogP contribution < -0.4 is 0 Å². The van der Waals surface area contributed by atoms with Crippen LogP contribution in [0.15, 0.2) is 24.3 Å². The molecule has 2 N–H and O–H groups in total. The van der Waals surface area contributed by atoms with Crippen LogP contribution in [0.3, 0.4) is 0 Å². The monoisotopic (exact) mass is 562 g/mol. The molecule has 0 saturated heterocycles. The third-order valence-electron chi connectivity index (χ3n) is 6.64. The van der Waals surface area contributed by atoms with Crippen LogP contribution in [0.1, 0.15) is 123 Å². The third-order valence-corrected chi connectivity index (χ3v) is 8.10. The number of hydrogen-bond acceptors (Lipinski definition) is 6. The van der Waals surface area contributed by atoms with Crippen LogP contribution >= 0.6 is 7.82 Å². The maximum absolute atomic E-state index is 13.7. The first-order valence-corrected chi connectivity index (χ1v) is 15.2. The molecule has 0 radical (unpaired) electrons. The van der Waals surface area contributed by atoms with E-state index in [-0.39, 0.29) is 53.0 Å². The standard InChI is InChI=1S/C32H51O6P/c1-14-36-39(35,37-19-21-15-23(29(2,3)4)27(33)24(16-21)30(5,6)7)38-20-22-17-25(31(8,9)10)28(34)26(18-22)32(11,12)13/h15-18,33-34H,14,19-20H2,1-13H3. The number of benzene rings is 2. The van der Waals surface area contributed by atoms with Crippen LogP contribution in [-0.4, -0.2) is 16.8 Å². The van der Waals surface area contributed by atoms with Crippen LogP contribution in [0.5, 0.6) is 11.5 Å². The van der Waals surface area contributed by atoms with Gasteiger partial charge in [-0.25, -0.2) is 4.57 Å². The highest BCUT2D eigenvalue weighted by Gasteiger charge is 2.31. The molecule has 2 rings (SSSR count). The zero-order valence-electron chi connectivity index (χ0n) is 26.4. The zero-order valence-corrected chi connectivity index (χ0v) is 27.3. The summed E-state index contributed by atoms with van der Waals surface area (Å²) in [6, 6.07) is 7.58. The molecule has 0 fully saturated rings. The number of phosphoric ester groups is 1. The van der Waals surface area contributed by atoms with Gasteiger partial charge in [0.25, 0.3) is 0 Å². The van der Waals surface area contributed by atoms with Gasteiger partial charge in [0.05, 0.1) is 19.8 Å². The number of rotatable bonds is 8. The highest BCUT2D eigenvalue weighted by Crippen LogP contribution is 2.52. The Morgan fingerprint density at radius 1 is 0.564 bits per heavy atom. The quantitative estimate of drug-likeness (QED) is 0.312. The fraction of sp³-hybridized carbons (Fsp3) is 0.625. The molecule has 0 heterocycles. The predicted octanol–water partition coefficient (Wildman–Crippen LogP) is 9.17. The lowest BCUT2D eigenvalue weighted by molar-refractivity contribution is 0.107. The molecule has 0 unspecified atom stereocenters. The molecule has 7 heteroatoms. The minimum Gasteiger partial charge on any atom is -0.507 e. The van der Waals surface area contributed by atoms with Gasteiger partial charge in [0.1, 0.15) is 11.5 Å². The van der Waals surface area contributed by atoms with Crippen LogP contribution in [0.4, 0.5) is 0 Å². The Morgan fingerprint density at radius 2 is 0.821 bits per heavy atom. The minimum absolute atomic E-state index is 0.000220. The lowest BCUT2D eigenvalue weighted by Gasteiger charge is -2.29. The average molecular weight is 563 g/mol. The van der Waals surface area contributed by atoms with E-state index in [9.17, 15) is 14.8 Å². The summed E-state index contributed by atoms with van der Waals surface area (Å²) in [7, 11) is -3.92. The Kier molecular flexibility index (Phi) is 9.89. The topological polar surface area (TPSA) is 85.2 Å². The molecule has 0 spiro atoms. The number of phenols is 2. The van der Waals surface area contributed by atoms with Crippen LogP contribution in [0.2, 0.25) is 0 Å². The Labute approximate surface area is 236 Å². The van der Waals surface area contributed by atoms with Gasteiger partial charge in [-0.2, -0.15) is 0 Å². The van der Waals surface area contributed by atoms with Crippen molar-refractivity contribution in [2.45, 2.75) is 125 Å². The molecule has 2 aromatic carbocycles. The molecule has 0 atom stereocenters. The van der Waals surface area contributed by atoms with Crippen molar-refractivity contribution in [3.8, 4) is 11.5 Å². The Balaban J connectivity index is 2.41. The van der Waals surface area contributed by atoms with E-state index in [2.05, 4.69) is 0 Å². The maximum Gasteiger partial charge on any atom is 0.475 e. The highest BCUT2D eigenvalue weighted by molar-refractivity contribution is 7.48. The molecule has 0 aliphatic heterocycles. The first-order chi connectivity index (χ1) is 17.5. The van der Waals surface area contributed by atoms with Gasteiger partial charge < -0.3 is 10.2 Å². The lowest BCUT2D eigenvalue weighted by atomic mass is 9.78. The van der Waals surface area contributed by atoms with E-state index in [1.54, 1.807) is 6.92 Å². The summed E-state index contributed by atoms with van der Waals surface area (Å²) < 4.78 is 30.9. The van der Waals surface area contributed by atoms with Crippen LogP contribution in [0.25, 0.3) is 0 Å². The van der Waals surface area contributed by atoms with Crippen LogP contribution in [-0.2, 0) is 53.0 Å². The Morgan fingerprint density at radius 3 is 1.03 bits per heavy atom. The number of aromatic hydroxyl groups is 2.